The zero-order valence-corrected chi connectivity index (χ0v) is 8.76. The Bertz CT molecular complexity index is 226. The number of thioether (sulfide) groups is 1. The zero-order valence-electron chi connectivity index (χ0n) is 6.37. The minimum atomic E-state index is 0.420. The Morgan fingerprint density at radius 3 is 2.91 bits per heavy atom. The van der Waals surface area contributed by atoms with Crippen LogP contribution in [0.4, 0.5) is 0 Å². The van der Waals surface area contributed by atoms with Crippen LogP contribution in [0.3, 0.4) is 0 Å². The van der Waals surface area contributed by atoms with Crippen molar-refractivity contribution in [3.8, 4) is 0 Å². The fourth-order valence-electron chi connectivity index (χ4n) is 0.530. The number of halogens is 1. The van der Waals surface area contributed by atoms with Crippen LogP contribution in [0, 0.1) is 6.92 Å². The molecule has 1 unspecified atom stereocenters. The van der Waals surface area contributed by atoms with Gasteiger partial charge in [-0.1, -0.05) is 18.7 Å². The zero-order chi connectivity index (χ0) is 8.27. The molecule has 0 N–H and O–H groups in total. The molecule has 0 saturated carbocycles. The Hall–Kier alpha value is 0.200. The summed E-state index contributed by atoms with van der Waals surface area (Å²) in [5.41, 5.74) is 0. The minimum absolute atomic E-state index is 0.420. The Morgan fingerprint density at radius 1 is 1.73 bits per heavy atom. The molecule has 0 spiro atoms. The summed E-state index contributed by atoms with van der Waals surface area (Å²) in [4.78, 5) is 4.21. The Labute approximate surface area is 79.5 Å². The van der Waals surface area contributed by atoms with Crippen LogP contribution in [0.5, 0.6) is 0 Å². The number of aromatic nitrogens is 2. The highest BCUT2D eigenvalue weighted by Gasteiger charge is 2.06. The maximum absolute atomic E-state index is 5.64. The van der Waals surface area contributed by atoms with Crippen molar-refractivity contribution in [2.24, 2.45) is 0 Å². The molecular formula is C6H9ClN2S2. The summed E-state index contributed by atoms with van der Waals surface area (Å²) >= 11 is 8.76. The van der Waals surface area contributed by atoms with Gasteiger partial charge in [0.05, 0.1) is 0 Å². The van der Waals surface area contributed by atoms with Gasteiger partial charge in [-0.15, -0.1) is 11.6 Å². The van der Waals surface area contributed by atoms with Crippen molar-refractivity contribution in [2.45, 2.75) is 23.4 Å². The maximum atomic E-state index is 5.64. The summed E-state index contributed by atoms with van der Waals surface area (Å²) in [6.07, 6.45) is 0. The van der Waals surface area contributed by atoms with E-state index in [9.17, 15) is 0 Å². The smallest absolute Gasteiger partial charge is 0.170 e. The van der Waals surface area contributed by atoms with Gasteiger partial charge in [0.1, 0.15) is 5.82 Å². The van der Waals surface area contributed by atoms with Crippen molar-refractivity contribution in [2.75, 3.05) is 5.88 Å². The van der Waals surface area contributed by atoms with Gasteiger partial charge in [-0.05, 0) is 18.5 Å². The molecule has 5 heteroatoms. The van der Waals surface area contributed by atoms with Gasteiger partial charge in [-0.25, -0.2) is 4.98 Å². The van der Waals surface area contributed by atoms with Crippen molar-refractivity contribution in [3.05, 3.63) is 5.82 Å². The van der Waals surface area contributed by atoms with Crippen molar-refractivity contribution >= 4 is 34.9 Å². The minimum Gasteiger partial charge on any atom is -0.213 e. The quantitative estimate of drug-likeness (QED) is 0.564. The molecule has 1 atom stereocenters. The molecule has 2 nitrogen and oxygen atoms in total. The molecule has 62 valence electrons. The van der Waals surface area contributed by atoms with E-state index in [2.05, 4.69) is 16.3 Å². The number of hydrogen-bond acceptors (Lipinski definition) is 4. The SMILES string of the molecule is Cc1nsc(SC(C)CCl)n1. The fourth-order valence-corrected chi connectivity index (χ4v) is 2.51. The highest BCUT2D eigenvalue weighted by molar-refractivity contribution is 8.01. The molecule has 1 aromatic rings. The van der Waals surface area contributed by atoms with Crippen molar-refractivity contribution in [1.29, 1.82) is 0 Å². The fraction of sp³-hybridized carbons (Fsp3) is 0.667. The topological polar surface area (TPSA) is 25.8 Å². The van der Waals surface area contributed by atoms with Crippen molar-refractivity contribution in [1.82, 2.24) is 9.36 Å². The summed E-state index contributed by atoms with van der Waals surface area (Å²) in [6.45, 7) is 3.97. The number of rotatable bonds is 3. The number of alkyl halides is 1. The lowest BCUT2D eigenvalue weighted by atomic mass is 10.6. The third-order valence-corrected chi connectivity index (χ3v) is 3.65. The molecule has 0 aliphatic heterocycles. The van der Waals surface area contributed by atoms with E-state index in [0.717, 1.165) is 10.2 Å². The van der Waals surface area contributed by atoms with E-state index < -0.39 is 0 Å². The van der Waals surface area contributed by atoms with E-state index in [0.29, 0.717) is 11.1 Å². The van der Waals surface area contributed by atoms with E-state index in [1.165, 1.54) is 11.5 Å². The van der Waals surface area contributed by atoms with Gasteiger partial charge in [0, 0.05) is 11.1 Å². The van der Waals surface area contributed by atoms with Crippen LogP contribution in [-0.2, 0) is 0 Å². The van der Waals surface area contributed by atoms with Crippen LogP contribution < -0.4 is 0 Å². The van der Waals surface area contributed by atoms with Gasteiger partial charge in [0.2, 0.25) is 0 Å². The second-order valence-corrected chi connectivity index (χ2v) is 4.94. The van der Waals surface area contributed by atoms with Crippen LogP contribution in [0.25, 0.3) is 0 Å². The molecule has 0 radical (unpaired) electrons. The number of nitrogens with zero attached hydrogens (tertiary/aromatic N) is 2. The van der Waals surface area contributed by atoms with Gasteiger partial charge >= 0.3 is 0 Å². The molecule has 0 amide bonds. The Morgan fingerprint density at radius 2 is 2.45 bits per heavy atom. The first-order chi connectivity index (χ1) is 5.22. The second-order valence-electron chi connectivity index (χ2n) is 2.19. The molecule has 11 heavy (non-hydrogen) atoms. The highest BCUT2D eigenvalue weighted by atomic mass is 35.5. The molecule has 0 saturated heterocycles. The largest absolute Gasteiger partial charge is 0.213 e. The second kappa shape index (κ2) is 4.28. The Kier molecular flexibility index (Phi) is 3.62. The van der Waals surface area contributed by atoms with E-state index in [4.69, 9.17) is 11.6 Å². The van der Waals surface area contributed by atoms with E-state index in [-0.39, 0.29) is 0 Å². The first-order valence-corrected chi connectivity index (χ1v) is 5.44. The molecule has 0 bridgehead atoms. The summed E-state index contributed by atoms with van der Waals surface area (Å²) in [5, 5.41) is 0.420. The molecule has 1 aromatic heterocycles. The average Bonchev–Trinajstić information content (AvgIpc) is 2.35. The molecule has 1 rings (SSSR count). The average molecular weight is 209 g/mol. The highest BCUT2D eigenvalue weighted by Crippen LogP contribution is 2.24. The summed E-state index contributed by atoms with van der Waals surface area (Å²) in [5.74, 6) is 1.50. The van der Waals surface area contributed by atoms with Crippen LogP contribution in [0.2, 0.25) is 0 Å². The van der Waals surface area contributed by atoms with Crippen LogP contribution in [0.15, 0.2) is 4.34 Å². The first-order valence-electron chi connectivity index (χ1n) is 3.25. The lowest BCUT2D eigenvalue weighted by Gasteiger charge is -2.00. The molecule has 0 fully saturated rings. The first kappa shape index (κ1) is 9.29. The van der Waals surface area contributed by atoms with Gasteiger partial charge in [0.25, 0.3) is 0 Å². The van der Waals surface area contributed by atoms with Gasteiger partial charge in [0.15, 0.2) is 4.34 Å². The molecule has 1 heterocycles. The van der Waals surface area contributed by atoms with Crippen LogP contribution in [0.1, 0.15) is 12.7 Å². The maximum Gasteiger partial charge on any atom is 0.170 e. The Balaban J connectivity index is 2.50. The summed E-state index contributed by atoms with van der Waals surface area (Å²) < 4.78 is 5.08. The van der Waals surface area contributed by atoms with E-state index in [1.807, 2.05) is 6.92 Å². The third kappa shape index (κ3) is 2.97. The molecule has 0 aromatic carbocycles. The van der Waals surface area contributed by atoms with Crippen molar-refractivity contribution in [3.63, 3.8) is 0 Å². The third-order valence-electron chi connectivity index (χ3n) is 1.03. The van der Waals surface area contributed by atoms with Gasteiger partial charge in [-0.2, -0.15) is 4.37 Å². The molecule has 0 aliphatic carbocycles. The van der Waals surface area contributed by atoms with Gasteiger partial charge < -0.3 is 0 Å². The molecular weight excluding hydrogens is 200 g/mol. The van der Waals surface area contributed by atoms with Crippen LogP contribution in [-0.4, -0.2) is 20.5 Å². The van der Waals surface area contributed by atoms with E-state index in [1.54, 1.807) is 11.8 Å². The van der Waals surface area contributed by atoms with Gasteiger partial charge in [-0.3, -0.25) is 0 Å². The summed E-state index contributed by atoms with van der Waals surface area (Å²) in [7, 11) is 0. The number of hydrogen-bond donors (Lipinski definition) is 0. The molecule has 0 aliphatic rings. The standard InChI is InChI=1S/C6H9ClN2S2/c1-4(3-7)10-6-8-5(2)9-11-6/h4H,3H2,1-2H3. The normalized spacial score (nSPS) is 13.4. The van der Waals surface area contributed by atoms with Crippen molar-refractivity contribution < 1.29 is 0 Å². The monoisotopic (exact) mass is 208 g/mol. The predicted octanol–water partition coefficient (Wildman–Crippen LogP) is 2.57. The lowest BCUT2D eigenvalue weighted by Crippen LogP contribution is -1.95. The lowest BCUT2D eigenvalue weighted by molar-refractivity contribution is 1.08. The van der Waals surface area contributed by atoms with E-state index >= 15 is 0 Å². The van der Waals surface area contributed by atoms with Crippen LogP contribution >= 0.6 is 34.9 Å². The summed E-state index contributed by atoms with van der Waals surface area (Å²) in [6, 6.07) is 0. The predicted molar refractivity (Wildman–Crippen MR) is 50.7 cm³/mol. The number of aryl methyl sites for hydroxylation is 1.